The molecule has 0 saturated carbocycles. The standard InChI is InChI=1S/C13H17ClN2O2S/c1-4-15-12(17)8(2)16-13(18)10-7-9(19-3)5-6-11(10)14/h5-8H,4H2,1-3H3,(H,15,17)(H,16,18). The number of hydrogen-bond donors (Lipinski definition) is 2. The van der Waals surface area contributed by atoms with E-state index in [9.17, 15) is 9.59 Å². The Bertz CT molecular complexity index is 480. The number of rotatable bonds is 5. The first-order valence-corrected chi connectivity index (χ1v) is 7.52. The molecule has 0 heterocycles. The van der Waals surface area contributed by atoms with Crippen molar-refractivity contribution in [3.8, 4) is 0 Å². The van der Waals surface area contributed by atoms with Gasteiger partial charge in [-0.3, -0.25) is 9.59 Å². The van der Waals surface area contributed by atoms with E-state index in [1.165, 1.54) is 11.8 Å². The number of amides is 2. The minimum atomic E-state index is -0.596. The van der Waals surface area contributed by atoms with Gasteiger partial charge in [0.1, 0.15) is 6.04 Å². The largest absolute Gasteiger partial charge is 0.355 e. The number of thioether (sulfide) groups is 1. The Balaban J connectivity index is 2.80. The Labute approximate surface area is 122 Å². The first-order valence-electron chi connectivity index (χ1n) is 5.91. The summed E-state index contributed by atoms with van der Waals surface area (Å²) in [6.07, 6.45) is 1.92. The van der Waals surface area contributed by atoms with E-state index in [1.807, 2.05) is 19.2 Å². The average Bonchev–Trinajstić information content (AvgIpc) is 2.39. The number of halogens is 1. The lowest BCUT2D eigenvalue weighted by molar-refractivity contribution is -0.122. The third kappa shape index (κ3) is 4.44. The Hall–Kier alpha value is -1.20. The minimum Gasteiger partial charge on any atom is -0.355 e. The molecule has 0 aliphatic carbocycles. The van der Waals surface area contributed by atoms with Gasteiger partial charge in [0.25, 0.3) is 5.91 Å². The number of carbonyl (C=O) groups excluding carboxylic acids is 2. The van der Waals surface area contributed by atoms with Crippen LogP contribution in [0.2, 0.25) is 5.02 Å². The second-order valence-corrected chi connectivity index (χ2v) is 5.22. The van der Waals surface area contributed by atoms with E-state index in [0.717, 1.165) is 4.90 Å². The van der Waals surface area contributed by atoms with Gasteiger partial charge in [0.05, 0.1) is 10.6 Å². The normalized spacial score (nSPS) is 11.8. The van der Waals surface area contributed by atoms with Crippen LogP contribution < -0.4 is 10.6 Å². The topological polar surface area (TPSA) is 58.2 Å². The Kier molecular flexibility index (Phi) is 6.18. The van der Waals surface area contributed by atoms with Crippen LogP contribution in [0.1, 0.15) is 24.2 Å². The van der Waals surface area contributed by atoms with Crippen LogP contribution in [-0.4, -0.2) is 30.7 Å². The number of likely N-dealkylation sites (N-methyl/N-ethyl adjacent to an activating group) is 1. The summed E-state index contributed by atoms with van der Waals surface area (Å²) < 4.78 is 0. The zero-order chi connectivity index (χ0) is 14.4. The summed E-state index contributed by atoms with van der Waals surface area (Å²) in [6.45, 7) is 3.99. The molecule has 0 aromatic heterocycles. The van der Waals surface area contributed by atoms with Crippen molar-refractivity contribution in [1.29, 1.82) is 0 Å². The lowest BCUT2D eigenvalue weighted by atomic mass is 10.2. The van der Waals surface area contributed by atoms with Gasteiger partial charge in [0, 0.05) is 11.4 Å². The summed E-state index contributed by atoms with van der Waals surface area (Å²) in [7, 11) is 0. The van der Waals surface area contributed by atoms with Gasteiger partial charge >= 0.3 is 0 Å². The molecule has 1 aromatic carbocycles. The maximum absolute atomic E-state index is 12.1. The summed E-state index contributed by atoms with van der Waals surface area (Å²) in [6, 6.07) is 4.64. The van der Waals surface area contributed by atoms with Crippen molar-refractivity contribution in [2.24, 2.45) is 0 Å². The van der Waals surface area contributed by atoms with E-state index in [4.69, 9.17) is 11.6 Å². The maximum Gasteiger partial charge on any atom is 0.253 e. The molecule has 4 nitrogen and oxygen atoms in total. The van der Waals surface area contributed by atoms with Gasteiger partial charge in [0.15, 0.2) is 0 Å². The summed E-state index contributed by atoms with van der Waals surface area (Å²) in [5.41, 5.74) is 0.379. The summed E-state index contributed by atoms with van der Waals surface area (Å²) in [4.78, 5) is 24.6. The SMILES string of the molecule is CCNC(=O)C(C)NC(=O)c1cc(SC)ccc1Cl. The van der Waals surface area contributed by atoms with Gasteiger partial charge in [-0.05, 0) is 38.3 Å². The molecule has 6 heteroatoms. The minimum absolute atomic E-state index is 0.215. The van der Waals surface area contributed by atoms with E-state index >= 15 is 0 Å². The predicted molar refractivity (Wildman–Crippen MR) is 78.8 cm³/mol. The van der Waals surface area contributed by atoms with Crippen LogP contribution in [0.4, 0.5) is 0 Å². The molecular formula is C13H17ClN2O2S. The van der Waals surface area contributed by atoms with Gasteiger partial charge in [-0.25, -0.2) is 0 Å². The second-order valence-electron chi connectivity index (χ2n) is 3.94. The van der Waals surface area contributed by atoms with Crippen molar-refractivity contribution in [3.63, 3.8) is 0 Å². The summed E-state index contributed by atoms with van der Waals surface area (Å²) in [5, 5.41) is 5.65. The van der Waals surface area contributed by atoms with Crippen molar-refractivity contribution in [3.05, 3.63) is 28.8 Å². The highest BCUT2D eigenvalue weighted by Crippen LogP contribution is 2.22. The van der Waals surface area contributed by atoms with Gasteiger partial charge in [-0.15, -0.1) is 11.8 Å². The van der Waals surface area contributed by atoms with Crippen LogP contribution in [0, 0.1) is 0 Å². The Morgan fingerprint density at radius 3 is 2.68 bits per heavy atom. The molecular weight excluding hydrogens is 284 g/mol. The summed E-state index contributed by atoms with van der Waals surface area (Å²) in [5.74, 6) is -0.562. The van der Waals surface area contributed by atoms with Crippen LogP contribution in [0.3, 0.4) is 0 Å². The lowest BCUT2D eigenvalue weighted by Crippen LogP contribution is -2.44. The zero-order valence-corrected chi connectivity index (χ0v) is 12.7. The van der Waals surface area contributed by atoms with Crippen LogP contribution >= 0.6 is 23.4 Å². The maximum atomic E-state index is 12.1. The molecule has 2 N–H and O–H groups in total. The van der Waals surface area contributed by atoms with Crippen LogP contribution in [0.25, 0.3) is 0 Å². The van der Waals surface area contributed by atoms with Gasteiger partial charge in [-0.1, -0.05) is 11.6 Å². The zero-order valence-electron chi connectivity index (χ0n) is 11.1. The Morgan fingerprint density at radius 2 is 2.11 bits per heavy atom. The third-order valence-corrected chi connectivity index (χ3v) is 3.56. The fourth-order valence-electron chi connectivity index (χ4n) is 1.47. The number of hydrogen-bond acceptors (Lipinski definition) is 3. The molecule has 0 radical (unpaired) electrons. The Morgan fingerprint density at radius 1 is 1.42 bits per heavy atom. The fraction of sp³-hybridized carbons (Fsp3) is 0.385. The molecule has 0 aliphatic heterocycles. The highest BCUT2D eigenvalue weighted by atomic mass is 35.5. The van der Waals surface area contributed by atoms with E-state index in [2.05, 4.69) is 10.6 Å². The van der Waals surface area contributed by atoms with Crippen molar-refractivity contribution >= 4 is 35.2 Å². The predicted octanol–water partition coefficient (Wildman–Crippen LogP) is 2.32. The van der Waals surface area contributed by atoms with Crippen LogP contribution in [0.5, 0.6) is 0 Å². The van der Waals surface area contributed by atoms with Crippen molar-refractivity contribution in [2.45, 2.75) is 24.8 Å². The molecule has 2 amide bonds. The van der Waals surface area contributed by atoms with Gasteiger partial charge in [-0.2, -0.15) is 0 Å². The van der Waals surface area contributed by atoms with E-state index < -0.39 is 6.04 Å². The highest BCUT2D eigenvalue weighted by molar-refractivity contribution is 7.98. The van der Waals surface area contributed by atoms with Crippen molar-refractivity contribution in [2.75, 3.05) is 12.8 Å². The molecule has 0 aliphatic rings. The van der Waals surface area contributed by atoms with Crippen LogP contribution in [0.15, 0.2) is 23.1 Å². The van der Waals surface area contributed by atoms with E-state index in [-0.39, 0.29) is 11.8 Å². The molecule has 0 bridgehead atoms. The molecule has 104 valence electrons. The molecule has 1 rings (SSSR count). The third-order valence-electron chi connectivity index (χ3n) is 2.51. The summed E-state index contributed by atoms with van der Waals surface area (Å²) >= 11 is 7.53. The van der Waals surface area contributed by atoms with Crippen molar-refractivity contribution < 1.29 is 9.59 Å². The van der Waals surface area contributed by atoms with Crippen LogP contribution in [-0.2, 0) is 4.79 Å². The van der Waals surface area contributed by atoms with E-state index in [0.29, 0.717) is 17.1 Å². The monoisotopic (exact) mass is 300 g/mol. The quantitative estimate of drug-likeness (QED) is 0.821. The number of nitrogens with one attached hydrogen (secondary N) is 2. The molecule has 19 heavy (non-hydrogen) atoms. The smallest absolute Gasteiger partial charge is 0.253 e. The highest BCUT2D eigenvalue weighted by Gasteiger charge is 2.17. The van der Waals surface area contributed by atoms with Gasteiger partial charge in [0.2, 0.25) is 5.91 Å². The number of carbonyl (C=O) groups is 2. The molecule has 1 aromatic rings. The number of benzene rings is 1. The molecule has 1 atom stereocenters. The molecule has 0 saturated heterocycles. The first kappa shape index (κ1) is 15.9. The second kappa shape index (κ2) is 7.40. The first-order chi connectivity index (χ1) is 8.99. The lowest BCUT2D eigenvalue weighted by Gasteiger charge is -2.14. The molecule has 1 unspecified atom stereocenters. The van der Waals surface area contributed by atoms with Crippen molar-refractivity contribution in [1.82, 2.24) is 10.6 Å². The molecule has 0 fully saturated rings. The molecule has 0 spiro atoms. The fourth-order valence-corrected chi connectivity index (χ4v) is 2.12. The average molecular weight is 301 g/mol. The van der Waals surface area contributed by atoms with E-state index in [1.54, 1.807) is 19.1 Å². The van der Waals surface area contributed by atoms with Gasteiger partial charge < -0.3 is 10.6 Å².